The number of aryl methyl sites for hydroxylation is 2. The summed E-state index contributed by atoms with van der Waals surface area (Å²) >= 11 is 0. The predicted molar refractivity (Wildman–Crippen MR) is 138 cm³/mol. The Morgan fingerprint density at radius 3 is 2.51 bits per heavy atom. The van der Waals surface area contributed by atoms with E-state index in [-0.39, 0.29) is 6.79 Å². The molecule has 3 heterocycles. The Balaban J connectivity index is 1.64. The van der Waals surface area contributed by atoms with Crippen LogP contribution in [-0.4, -0.2) is 46.2 Å². The number of nitrogens with one attached hydrogen (secondary N) is 1. The molecule has 0 aliphatic rings. The summed E-state index contributed by atoms with van der Waals surface area (Å²) in [4.78, 5) is 13.3. The highest BCUT2D eigenvalue weighted by Gasteiger charge is 2.16. The smallest absolute Gasteiger partial charge is 0.244 e. The lowest BCUT2D eigenvalue weighted by Gasteiger charge is -2.15. The molecule has 4 rings (SSSR count). The second-order valence-corrected chi connectivity index (χ2v) is 15.1. The first-order valence-corrected chi connectivity index (χ1v) is 15.1. The number of anilines is 2. The van der Waals surface area contributed by atoms with Gasteiger partial charge in [0.2, 0.25) is 5.88 Å². The number of pyridine rings is 1. The molecule has 0 unspecified atom stereocenters. The molecule has 0 fully saturated rings. The van der Waals surface area contributed by atoms with E-state index in [0.29, 0.717) is 35.5 Å². The summed E-state index contributed by atoms with van der Waals surface area (Å²) < 4.78 is 13.4. The number of fused-ring (bicyclic) bond motifs is 1. The molecule has 35 heavy (non-hydrogen) atoms. The second-order valence-electron chi connectivity index (χ2n) is 9.51. The predicted octanol–water partition coefficient (Wildman–Crippen LogP) is 5.13. The molecular formula is C25H29N7O2Si. The van der Waals surface area contributed by atoms with E-state index in [9.17, 15) is 0 Å². The van der Waals surface area contributed by atoms with E-state index in [4.69, 9.17) is 14.7 Å². The van der Waals surface area contributed by atoms with E-state index in [1.807, 2.05) is 38.1 Å². The van der Waals surface area contributed by atoms with Crippen molar-refractivity contribution in [3.63, 3.8) is 0 Å². The van der Waals surface area contributed by atoms with Gasteiger partial charge < -0.3 is 14.8 Å². The molecule has 1 aromatic carbocycles. The van der Waals surface area contributed by atoms with Crippen molar-refractivity contribution >= 4 is 30.6 Å². The van der Waals surface area contributed by atoms with Gasteiger partial charge in [0.1, 0.15) is 17.5 Å². The number of nitriles is 1. The lowest BCUT2D eigenvalue weighted by Crippen LogP contribution is -2.22. The van der Waals surface area contributed by atoms with Gasteiger partial charge in [-0.05, 0) is 44.2 Å². The Morgan fingerprint density at radius 2 is 1.83 bits per heavy atom. The summed E-state index contributed by atoms with van der Waals surface area (Å²) in [6, 6.07) is 14.2. The minimum Gasteiger partial charge on any atom is -0.449 e. The van der Waals surface area contributed by atoms with Crippen molar-refractivity contribution in [2.24, 2.45) is 0 Å². The number of ether oxygens (including phenoxy) is 2. The Labute approximate surface area is 205 Å². The van der Waals surface area contributed by atoms with Crippen molar-refractivity contribution in [2.75, 3.05) is 18.7 Å². The van der Waals surface area contributed by atoms with E-state index in [2.05, 4.69) is 51.1 Å². The normalized spacial score (nSPS) is 11.4. The molecule has 0 radical (unpaired) electrons. The number of benzene rings is 1. The molecule has 4 aromatic rings. The maximum atomic E-state index is 9.15. The molecule has 0 amide bonds. The SMILES string of the molecule is Cc1cc(Nc2cc3c(cn2)c(OCOCC[Si](C)(C)C)nn3-c2ccc(C#N)cc2)nc(C)n1. The summed E-state index contributed by atoms with van der Waals surface area (Å²) in [5.41, 5.74) is 3.05. The highest BCUT2D eigenvalue weighted by Crippen LogP contribution is 2.29. The second kappa shape index (κ2) is 10.2. The van der Waals surface area contributed by atoms with Crippen LogP contribution in [0.3, 0.4) is 0 Å². The van der Waals surface area contributed by atoms with Gasteiger partial charge >= 0.3 is 0 Å². The standard InChI is InChI=1S/C25H29N7O2Si/c1-17-12-24(29-18(2)28-17)30-23-13-22-21(15-27-23)25(34-16-33-10-11-35(3,4)5)31-32(22)20-8-6-19(14-26)7-9-20/h6-9,12-13,15H,10-11,16H2,1-5H3,(H,27,28,29,30). The van der Waals surface area contributed by atoms with Crippen LogP contribution in [0.15, 0.2) is 42.6 Å². The van der Waals surface area contributed by atoms with Crippen molar-refractivity contribution in [1.29, 1.82) is 5.26 Å². The molecular weight excluding hydrogens is 458 g/mol. The number of aromatic nitrogens is 5. The first kappa shape index (κ1) is 24.3. The number of hydrogen-bond donors (Lipinski definition) is 1. The molecule has 0 aliphatic carbocycles. The topological polar surface area (TPSA) is 111 Å². The minimum atomic E-state index is -1.17. The molecule has 1 N–H and O–H groups in total. The van der Waals surface area contributed by atoms with E-state index >= 15 is 0 Å². The maximum Gasteiger partial charge on any atom is 0.244 e. The summed E-state index contributed by atoms with van der Waals surface area (Å²) in [7, 11) is -1.17. The third kappa shape index (κ3) is 6.20. The van der Waals surface area contributed by atoms with Crippen LogP contribution >= 0.6 is 0 Å². The van der Waals surface area contributed by atoms with Gasteiger partial charge in [-0.2, -0.15) is 5.26 Å². The summed E-state index contributed by atoms with van der Waals surface area (Å²) in [6.07, 6.45) is 1.73. The lowest BCUT2D eigenvalue weighted by molar-refractivity contribution is 0.0199. The van der Waals surface area contributed by atoms with E-state index in [0.717, 1.165) is 28.3 Å². The number of nitrogens with zero attached hydrogens (tertiary/aromatic N) is 6. The first-order chi connectivity index (χ1) is 16.7. The molecule has 0 saturated heterocycles. The molecule has 0 atom stereocenters. The quantitative estimate of drug-likeness (QED) is 0.196. The van der Waals surface area contributed by atoms with Crippen LogP contribution in [0.5, 0.6) is 5.88 Å². The highest BCUT2D eigenvalue weighted by atomic mass is 28.3. The maximum absolute atomic E-state index is 9.15. The van der Waals surface area contributed by atoms with Crippen LogP contribution < -0.4 is 10.1 Å². The molecule has 0 spiro atoms. The van der Waals surface area contributed by atoms with Gasteiger partial charge in [0, 0.05) is 38.7 Å². The fourth-order valence-corrected chi connectivity index (χ4v) is 4.24. The van der Waals surface area contributed by atoms with Crippen LogP contribution in [0.1, 0.15) is 17.1 Å². The Kier molecular flexibility index (Phi) is 7.09. The zero-order chi connectivity index (χ0) is 25.0. The van der Waals surface area contributed by atoms with Gasteiger partial charge in [0.15, 0.2) is 6.79 Å². The zero-order valence-corrected chi connectivity index (χ0v) is 21.7. The lowest BCUT2D eigenvalue weighted by atomic mass is 10.2. The van der Waals surface area contributed by atoms with Gasteiger partial charge in [-0.3, -0.25) is 0 Å². The van der Waals surface area contributed by atoms with Crippen LogP contribution in [0.2, 0.25) is 25.7 Å². The van der Waals surface area contributed by atoms with Crippen molar-refractivity contribution < 1.29 is 9.47 Å². The monoisotopic (exact) mass is 487 g/mol. The fourth-order valence-electron chi connectivity index (χ4n) is 3.48. The van der Waals surface area contributed by atoms with E-state index in [1.165, 1.54) is 0 Å². The van der Waals surface area contributed by atoms with Crippen LogP contribution in [-0.2, 0) is 4.74 Å². The van der Waals surface area contributed by atoms with Gasteiger partial charge in [0.05, 0.1) is 28.2 Å². The Hall–Kier alpha value is -3.81. The third-order valence-corrected chi connectivity index (χ3v) is 6.97. The van der Waals surface area contributed by atoms with Crippen molar-refractivity contribution in [1.82, 2.24) is 24.7 Å². The van der Waals surface area contributed by atoms with Gasteiger partial charge in [-0.15, -0.1) is 5.10 Å². The molecule has 0 aliphatic heterocycles. The van der Waals surface area contributed by atoms with Crippen molar-refractivity contribution in [3.8, 4) is 17.6 Å². The fraction of sp³-hybridized carbons (Fsp3) is 0.320. The van der Waals surface area contributed by atoms with Crippen LogP contribution in [0.4, 0.5) is 11.6 Å². The Bertz CT molecular complexity index is 1350. The van der Waals surface area contributed by atoms with Crippen LogP contribution in [0.25, 0.3) is 16.6 Å². The van der Waals surface area contributed by atoms with Crippen molar-refractivity contribution in [3.05, 3.63) is 59.7 Å². The number of rotatable bonds is 9. The average Bonchev–Trinajstić information content (AvgIpc) is 3.15. The number of hydrogen-bond acceptors (Lipinski definition) is 8. The van der Waals surface area contributed by atoms with Gasteiger partial charge in [-0.1, -0.05) is 19.6 Å². The van der Waals surface area contributed by atoms with Gasteiger partial charge in [0.25, 0.3) is 0 Å². The molecule has 0 bridgehead atoms. The van der Waals surface area contributed by atoms with Gasteiger partial charge in [-0.25, -0.2) is 19.6 Å². The molecule has 0 saturated carbocycles. The van der Waals surface area contributed by atoms with E-state index in [1.54, 1.807) is 23.0 Å². The average molecular weight is 488 g/mol. The largest absolute Gasteiger partial charge is 0.449 e. The Morgan fingerprint density at radius 1 is 1.06 bits per heavy atom. The summed E-state index contributed by atoms with van der Waals surface area (Å²) in [5, 5.41) is 17.8. The first-order valence-electron chi connectivity index (χ1n) is 11.4. The van der Waals surface area contributed by atoms with Crippen molar-refractivity contribution in [2.45, 2.75) is 39.5 Å². The van der Waals surface area contributed by atoms with E-state index < -0.39 is 8.07 Å². The highest BCUT2D eigenvalue weighted by molar-refractivity contribution is 6.76. The zero-order valence-electron chi connectivity index (χ0n) is 20.7. The molecule has 9 nitrogen and oxygen atoms in total. The molecule has 180 valence electrons. The minimum absolute atomic E-state index is 0.115. The third-order valence-electron chi connectivity index (χ3n) is 5.27. The molecule has 3 aromatic heterocycles. The summed E-state index contributed by atoms with van der Waals surface area (Å²) in [5.74, 6) is 2.40. The molecule has 10 heteroatoms. The summed E-state index contributed by atoms with van der Waals surface area (Å²) in [6.45, 7) is 11.5. The van der Waals surface area contributed by atoms with Crippen LogP contribution in [0, 0.1) is 25.2 Å².